The average molecular weight is 391 g/mol. The number of benzene rings is 1. The molecule has 29 heavy (non-hydrogen) atoms. The van der Waals surface area contributed by atoms with Gasteiger partial charge in [0.1, 0.15) is 12.4 Å². The van der Waals surface area contributed by atoms with Crippen LogP contribution < -0.4 is 4.74 Å². The van der Waals surface area contributed by atoms with Crippen molar-refractivity contribution in [1.82, 2.24) is 15.0 Å². The Balaban J connectivity index is 1.27. The maximum Gasteiger partial charge on any atom is 0.276 e. The van der Waals surface area contributed by atoms with E-state index in [-0.39, 0.29) is 12.5 Å². The van der Waals surface area contributed by atoms with Crippen molar-refractivity contribution in [2.75, 3.05) is 13.1 Å². The molecule has 0 atom stereocenters. The molecule has 3 heterocycles. The molecule has 3 aromatic rings. The third-order valence-corrected chi connectivity index (χ3v) is 5.31. The molecule has 150 valence electrons. The number of amides is 1. The lowest BCUT2D eigenvalue weighted by Crippen LogP contribution is -2.39. The lowest BCUT2D eigenvalue weighted by Gasteiger charge is -2.31. The zero-order valence-electron chi connectivity index (χ0n) is 16.6. The van der Waals surface area contributed by atoms with Crippen molar-refractivity contribution in [3.8, 4) is 5.75 Å². The Hall–Kier alpha value is -3.15. The van der Waals surface area contributed by atoms with Crippen molar-refractivity contribution in [2.24, 2.45) is 5.92 Å². The molecule has 0 N–H and O–H groups in total. The number of hydrogen-bond donors (Lipinski definition) is 0. The van der Waals surface area contributed by atoms with E-state index in [0.717, 1.165) is 38.0 Å². The van der Waals surface area contributed by atoms with Crippen LogP contribution in [0.5, 0.6) is 5.75 Å². The molecular weight excluding hydrogens is 366 g/mol. The van der Waals surface area contributed by atoms with E-state index in [1.165, 1.54) is 5.56 Å². The molecule has 1 fully saturated rings. The Morgan fingerprint density at radius 2 is 1.97 bits per heavy atom. The third-order valence-electron chi connectivity index (χ3n) is 5.31. The molecule has 1 aromatic carbocycles. The molecular formula is C23H25N3O3. The minimum Gasteiger partial charge on any atom is -0.484 e. The number of carbonyl (C=O) groups is 1. The normalized spacial score (nSPS) is 14.7. The Morgan fingerprint density at radius 3 is 2.69 bits per heavy atom. The summed E-state index contributed by atoms with van der Waals surface area (Å²) in [6.07, 6.45) is 4.75. The number of carbonyl (C=O) groups excluding carboxylic acids is 1. The van der Waals surface area contributed by atoms with E-state index in [1.54, 1.807) is 12.3 Å². The molecule has 1 aliphatic heterocycles. The van der Waals surface area contributed by atoms with E-state index in [4.69, 9.17) is 9.26 Å². The summed E-state index contributed by atoms with van der Waals surface area (Å²) in [5, 5.41) is 3.94. The number of rotatable bonds is 6. The number of likely N-dealkylation sites (tertiary alicyclic amines) is 1. The number of ether oxygens (including phenoxy) is 1. The first-order valence-corrected chi connectivity index (χ1v) is 10.0. The van der Waals surface area contributed by atoms with Crippen LogP contribution >= 0.6 is 0 Å². The van der Waals surface area contributed by atoms with Crippen LogP contribution in [0.2, 0.25) is 0 Å². The maximum absolute atomic E-state index is 12.7. The number of pyridine rings is 1. The molecule has 2 aromatic heterocycles. The van der Waals surface area contributed by atoms with Crippen molar-refractivity contribution in [1.29, 1.82) is 0 Å². The quantitative estimate of drug-likeness (QED) is 0.634. The van der Waals surface area contributed by atoms with E-state index in [0.29, 0.717) is 23.1 Å². The zero-order chi connectivity index (χ0) is 20.1. The maximum atomic E-state index is 12.7. The standard InChI is InChI=1S/C23H25N3O3/c1-17-7-8-20(15-24-17)28-16-21-14-22(25-29-21)23(27)26-11-9-19(10-12-26)13-18-5-3-2-4-6-18/h2-8,14-15,19H,9-13,16H2,1H3. The van der Waals surface area contributed by atoms with Crippen molar-refractivity contribution < 1.29 is 14.1 Å². The van der Waals surface area contributed by atoms with Gasteiger partial charge in [-0.05, 0) is 49.8 Å². The smallest absolute Gasteiger partial charge is 0.276 e. The van der Waals surface area contributed by atoms with E-state index in [9.17, 15) is 4.79 Å². The van der Waals surface area contributed by atoms with Gasteiger partial charge in [0.2, 0.25) is 0 Å². The third kappa shape index (κ3) is 5.02. The monoisotopic (exact) mass is 391 g/mol. The summed E-state index contributed by atoms with van der Waals surface area (Å²) in [4.78, 5) is 18.8. The van der Waals surface area contributed by atoms with Crippen LogP contribution in [0.1, 0.15) is 40.3 Å². The number of nitrogens with zero attached hydrogens (tertiary/aromatic N) is 3. The molecule has 0 unspecified atom stereocenters. The number of aromatic nitrogens is 2. The number of hydrogen-bond acceptors (Lipinski definition) is 5. The summed E-state index contributed by atoms with van der Waals surface area (Å²) in [7, 11) is 0. The van der Waals surface area contributed by atoms with Gasteiger partial charge < -0.3 is 14.2 Å². The second-order valence-corrected chi connectivity index (χ2v) is 7.53. The molecule has 1 aliphatic rings. The highest BCUT2D eigenvalue weighted by molar-refractivity contribution is 5.92. The SMILES string of the molecule is Cc1ccc(OCc2cc(C(=O)N3CCC(Cc4ccccc4)CC3)no2)cn1. The second kappa shape index (κ2) is 8.90. The molecule has 0 aliphatic carbocycles. The highest BCUT2D eigenvalue weighted by Gasteiger charge is 2.25. The van der Waals surface area contributed by atoms with Gasteiger partial charge in [0, 0.05) is 24.8 Å². The topological polar surface area (TPSA) is 68.5 Å². The Bertz CT molecular complexity index is 930. The van der Waals surface area contributed by atoms with E-state index >= 15 is 0 Å². The summed E-state index contributed by atoms with van der Waals surface area (Å²) in [5.41, 5.74) is 2.63. The second-order valence-electron chi connectivity index (χ2n) is 7.53. The van der Waals surface area contributed by atoms with Gasteiger partial charge in [-0.3, -0.25) is 9.78 Å². The highest BCUT2D eigenvalue weighted by Crippen LogP contribution is 2.23. The minimum atomic E-state index is -0.0739. The van der Waals surface area contributed by atoms with Crippen LogP contribution in [0.25, 0.3) is 0 Å². The van der Waals surface area contributed by atoms with Crippen LogP contribution in [-0.2, 0) is 13.0 Å². The van der Waals surface area contributed by atoms with E-state index in [2.05, 4.69) is 34.4 Å². The number of piperidine rings is 1. The summed E-state index contributed by atoms with van der Waals surface area (Å²) < 4.78 is 10.9. The highest BCUT2D eigenvalue weighted by atomic mass is 16.5. The molecule has 0 bridgehead atoms. The summed E-state index contributed by atoms with van der Waals surface area (Å²) in [5.74, 6) is 1.72. The molecule has 6 nitrogen and oxygen atoms in total. The Kier molecular flexibility index (Phi) is 5.89. The number of aryl methyl sites for hydroxylation is 1. The van der Waals surface area contributed by atoms with Gasteiger partial charge in [-0.2, -0.15) is 0 Å². The van der Waals surface area contributed by atoms with E-state index in [1.807, 2.05) is 30.0 Å². The average Bonchev–Trinajstić information content (AvgIpc) is 3.23. The first-order chi connectivity index (χ1) is 14.2. The summed E-state index contributed by atoms with van der Waals surface area (Å²) >= 11 is 0. The van der Waals surface area contributed by atoms with Gasteiger partial charge in [-0.25, -0.2) is 0 Å². The molecule has 1 saturated heterocycles. The van der Waals surface area contributed by atoms with Gasteiger partial charge in [-0.1, -0.05) is 35.5 Å². The lowest BCUT2D eigenvalue weighted by molar-refractivity contribution is 0.0680. The first kappa shape index (κ1) is 19.2. The first-order valence-electron chi connectivity index (χ1n) is 10.0. The van der Waals surface area contributed by atoms with Gasteiger partial charge >= 0.3 is 0 Å². The van der Waals surface area contributed by atoms with Crippen molar-refractivity contribution >= 4 is 5.91 Å². The molecule has 0 spiro atoms. The van der Waals surface area contributed by atoms with Gasteiger partial charge in [0.25, 0.3) is 5.91 Å². The fraction of sp³-hybridized carbons (Fsp3) is 0.348. The van der Waals surface area contributed by atoms with Crippen LogP contribution in [0.3, 0.4) is 0 Å². The van der Waals surface area contributed by atoms with Crippen LogP contribution in [-0.4, -0.2) is 34.0 Å². The fourth-order valence-corrected chi connectivity index (χ4v) is 3.63. The molecule has 1 amide bonds. The van der Waals surface area contributed by atoms with Crippen LogP contribution in [0, 0.1) is 12.8 Å². The van der Waals surface area contributed by atoms with Gasteiger partial charge in [-0.15, -0.1) is 0 Å². The van der Waals surface area contributed by atoms with Crippen LogP contribution in [0.15, 0.2) is 59.3 Å². The largest absolute Gasteiger partial charge is 0.484 e. The predicted molar refractivity (Wildman–Crippen MR) is 109 cm³/mol. The lowest BCUT2D eigenvalue weighted by atomic mass is 9.90. The fourth-order valence-electron chi connectivity index (χ4n) is 3.63. The molecule has 0 radical (unpaired) electrons. The zero-order valence-corrected chi connectivity index (χ0v) is 16.6. The molecule has 6 heteroatoms. The Labute approximate surface area is 170 Å². The van der Waals surface area contributed by atoms with Crippen LogP contribution in [0.4, 0.5) is 0 Å². The summed E-state index contributed by atoms with van der Waals surface area (Å²) in [6, 6.07) is 15.9. The molecule has 0 saturated carbocycles. The molecule has 4 rings (SSSR count). The van der Waals surface area contributed by atoms with E-state index < -0.39 is 0 Å². The van der Waals surface area contributed by atoms with Crippen molar-refractivity contribution in [2.45, 2.75) is 32.8 Å². The van der Waals surface area contributed by atoms with Gasteiger partial charge in [0.05, 0.1) is 6.20 Å². The predicted octanol–water partition coefficient (Wildman–Crippen LogP) is 4.05. The summed E-state index contributed by atoms with van der Waals surface area (Å²) in [6.45, 7) is 3.64. The van der Waals surface area contributed by atoms with Gasteiger partial charge in [0.15, 0.2) is 11.5 Å². The van der Waals surface area contributed by atoms with Crippen molar-refractivity contribution in [3.63, 3.8) is 0 Å². The van der Waals surface area contributed by atoms with Crippen molar-refractivity contribution in [3.05, 3.63) is 77.4 Å². The Morgan fingerprint density at radius 1 is 1.17 bits per heavy atom. The minimum absolute atomic E-state index is 0.0739.